The zero-order chi connectivity index (χ0) is 10.0. The van der Waals surface area contributed by atoms with E-state index in [1.807, 2.05) is 14.1 Å². The summed E-state index contributed by atoms with van der Waals surface area (Å²) in [7, 11) is 4.05. The molecule has 0 aromatic carbocycles. The Bertz CT molecular complexity index is 196. The molecule has 0 saturated carbocycles. The largest absolute Gasteiger partial charge is 0.481 e. The highest BCUT2D eigenvalue weighted by Gasteiger charge is 2.28. The maximum atomic E-state index is 10.6. The number of carbonyl (C=O) groups is 1. The molecule has 1 heterocycles. The predicted octanol–water partition coefficient (Wildman–Crippen LogP) is 0.0954. The molecule has 1 N–H and O–H groups in total. The van der Waals surface area contributed by atoms with Crippen molar-refractivity contribution in [1.29, 1.82) is 0 Å². The summed E-state index contributed by atoms with van der Waals surface area (Å²) in [5.41, 5.74) is 0. The molecule has 13 heavy (non-hydrogen) atoms. The molecular formula is C9H18N2O2. The van der Waals surface area contributed by atoms with E-state index in [1.165, 1.54) is 0 Å². The Balaban J connectivity index is 2.51. The van der Waals surface area contributed by atoms with E-state index >= 15 is 0 Å². The second-order valence-electron chi connectivity index (χ2n) is 3.98. The van der Waals surface area contributed by atoms with E-state index in [9.17, 15) is 4.79 Å². The molecule has 1 rings (SSSR count). The smallest absolute Gasteiger partial charge is 0.304 e. The van der Waals surface area contributed by atoms with Crippen LogP contribution in [0, 0.1) is 0 Å². The van der Waals surface area contributed by atoms with Crippen LogP contribution in [0.1, 0.15) is 13.3 Å². The first-order valence-corrected chi connectivity index (χ1v) is 4.63. The van der Waals surface area contributed by atoms with E-state index in [4.69, 9.17) is 5.11 Å². The summed E-state index contributed by atoms with van der Waals surface area (Å²) in [4.78, 5) is 14.9. The third-order valence-electron chi connectivity index (χ3n) is 2.84. The van der Waals surface area contributed by atoms with Crippen molar-refractivity contribution < 1.29 is 9.90 Å². The average molecular weight is 186 g/mol. The maximum absolute atomic E-state index is 10.6. The van der Waals surface area contributed by atoms with Gasteiger partial charge < -0.3 is 14.9 Å². The van der Waals surface area contributed by atoms with Gasteiger partial charge in [-0.25, -0.2) is 0 Å². The fourth-order valence-electron chi connectivity index (χ4n) is 1.78. The van der Waals surface area contributed by atoms with Crippen molar-refractivity contribution in [1.82, 2.24) is 9.80 Å². The molecule has 0 spiro atoms. The van der Waals surface area contributed by atoms with Crippen molar-refractivity contribution in [2.24, 2.45) is 0 Å². The van der Waals surface area contributed by atoms with Gasteiger partial charge in [-0.15, -0.1) is 0 Å². The van der Waals surface area contributed by atoms with Crippen LogP contribution in [0.15, 0.2) is 0 Å². The molecule has 1 saturated heterocycles. The number of carboxylic acids is 1. The molecule has 1 fully saturated rings. The summed E-state index contributed by atoms with van der Waals surface area (Å²) >= 11 is 0. The Morgan fingerprint density at radius 3 is 2.54 bits per heavy atom. The average Bonchev–Trinajstić information content (AvgIpc) is 1.99. The van der Waals surface area contributed by atoms with Crippen molar-refractivity contribution in [2.45, 2.75) is 25.4 Å². The Morgan fingerprint density at radius 2 is 2.00 bits per heavy atom. The lowest BCUT2D eigenvalue weighted by Gasteiger charge is -2.41. The van der Waals surface area contributed by atoms with Gasteiger partial charge in [0.2, 0.25) is 0 Å². The van der Waals surface area contributed by atoms with Crippen molar-refractivity contribution >= 4 is 5.97 Å². The Kier molecular flexibility index (Phi) is 3.27. The SMILES string of the molecule is C[C@@H]1CN(C)[C@@H](CC(=O)O)CN1C. The van der Waals surface area contributed by atoms with Crippen LogP contribution in [0.5, 0.6) is 0 Å². The van der Waals surface area contributed by atoms with Crippen LogP contribution < -0.4 is 0 Å². The highest BCUT2D eigenvalue weighted by atomic mass is 16.4. The van der Waals surface area contributed by atoms with Gasteiger partial charge in [0, 0.05) is 25.2 Å². The second-order valence-corrected chi connectivity index (χ2v) is 3.98. The summed E-state index contributed by atoms with van der Waals surface area (Å²) in [6.45, 7) is 3.96. The number of aliphatic carboxylic acids is 1. The number of hydrogen-bond donors (Lipinski definition) is 1. The number of nitrogens with zero attached hydrogens (tertiary/aromatic N) is 2. The zero-order valence-electron chi connectivity index (χ0n) is 8.53. The van der Waals surface area contributed by atoms with E-state index in [-0.39, 0.29) is 12.5 Å². The van der Waals surface area contributed by atoms with Gasteiger partial charge in [0.25, 0.3) is 0 Å². The number of piperazine rings is 1. The summed E-state index contributed by atoms with van der Waals surface area (Å²) in [6, 6.07) is 0.689. The normalized spacial score (nSPS) is 31.9. The fraction of sp³-hybridized carbons (Fsp3) is 0.889. The third kappa shape index (κ3) is 2.67. The molecule has 0 amide bonds. The highest BCUT2D eigenvalue weighted by Crippen LogP contribution is 2.13. The summed E-state index contributed by atoms with van der Waals surface area (Å²) in [5.74, 6) is -0.709. The molecule has 1 aliphatic rings. The fourth-order valence-corrected chi connectivity index (χ4v) is 1.78. The van der Waals surface area contributed by atoms with Gasteiger partial charge in [0.05, 0.1) is 6.42 Å². The number of hydrogen-bond acceptors (Lipinski definition) is 3. The Labute approximate surface area is 79.1 Å². The second kappa shape index (κ2) is 4.07. The highest BCUT2D eigenvalue weighted by molar-refractivity contribution is 5.67. The minimum Gasteiger partial charge on any atom is -0.481 e. The minimum atomic E-state index is -0.709. The molecule has 0 aromatic rings. The van der Waals surface area contributed by atoms with Crippen LogP contribution in [0.4, 0.5) is 0 Å². The molecular weight excluding hydrogens is 168 g/mol. The summed E-state index contributed by atoms with van der Waals surface area (Å²) in [5, 5.41) is 8.69. The molecule has 0 aromatic heterocycles. The third-order valence-corrected chi connectivity index (χ3v) is 2.84. The molecule has 0 bridgehead atoms. The zero-order valence-corrected chi connectivity index (χ0v) is 8.53. The first kappa shape index (κ1) is 10.5. The van der Waals surface area contributed by atoms with Gasteiger partial charge in [-0.1, -0.05) is 0 Å². The van der Waals surface area contributed by atoms with Crippen LogP contribution in [0.3, 0.4) is 0 Å². The number of carboxylic acid groups (broad SMARTS) is 1. The molecule has 1 aliphatic heterocycles. The topological polar surface area (TPSA) is 43.8 Å². The van der Waals surface area contributed by atoms with Gasteiger partial charge in [-0.2, -0.15) is 0 Å². The number of rotatable bonds is 2. The van der Waals surface area contributed by atoms with Crippen LogP contribution >= 0.6 is 0 Å². The van der Waals surface area contributed by atoms with Gasteiger partial charge in [0.15, 0.2) is 0 Å². The van der Waals surface area contributed by atoms with Crippen LogP contribution in [-0.4, -0.2) is 60.1 Å². The first-order valence-electron chi connectivity index (χ1n) is 4.63. The summed E-state index contributed by atoms with van der Waals surface area (Å²) in [6.07, 6.45) is 0.244. The van der Waals surface area contributed by atoms with Crippen LogP contribution in [0.25, 0.3) is 0 Å². The summed E-state index contributed by atoms with van der Waals surface area (Å²) < 4.78 is 0. The number of likely N-dealkylation sites (N-methyl/N-ethyl adjacent to an activating group) is 2. The Hall–Kier alpha value is -0.610. The quantitative estimate of drug-likeness (QED) is 0.664. The molecule has 0 aliphatic carbocycles. The molecule has 4 nitrogen and oxygen atoms in total. The van der Waals surface area contributed by atoms with Crippen molar-refractivity contribution in [2.75, 3.05) is 27.2 Å². The van der Waals surface area contributed by atoms with E-state index in [2.05, 4.69) is 16.7 Å². The van der Waals surface area contributed by atoms with Gasteiger partial charge in [-0.3, -0.25) is 4.79 Å². The van der Waals surface area contributed by atoms with Crippen LogP contribution in [-0.2, 0) is 4.79 Å². The van der Waals surface area contributed by atoms with E-state index in [0.29, 0.717) is 6.04 Å². The van der Waals surface area contributed by atoms with Gasteiger partial charge >= 0.3 is 5.97 Å². The first-order chi connectivity index (χ1) is 6.00. The van der Waals surface area contributed by atoms with Crippen molar-refractivity contribution in [3.8, 4) is 0 Å². The molecule has 0 unspecified atom stereocenters. The Morgan fingerprint density at radius 1 is 1.38 bits per heavy atom. The van der Waals surface area contributed by atoms with Gasteiger partial charge in [0.1, 0.15) is 0 Å². The van der Waals surface area contributed by atoms with Crippen molar-refractivity contribution in [3.63, 3.8) is 0 Å². The van der Waals surface area contributed by atoms with E-state index in [0.717, 1.165) is 13.1 Å². The monoisotopic (exact) mass is 186 g/mol. The molecule has 76 valence electrons. The van der Waals surface area contributed by atoms with Crippen LogP contribution in [0.2, 0.25) is 0 Å². The predicted molar refractivity (Wildman–Crippen MR) is 50.8 cm³/mol. The molecule has 0 radical (unpaired) electrons. The lowest BCUT2D eigenvalue weighted by atomic mass is 10.1. The molecule has 4 heteroatoms. The maximum Gasteiger partial charge on any atom is 0.304 e. The van der Waals surface area contributed by atoms with Crippen molar-refractivity contribution in [3.05, 3.63) is 0 Å². The van der Waals surface area contributed by atoms with E-state index < -0.39 is 5.97 Å². The standard InChI is InChI=1S/C9H18N2O2/c1-7-5-11(3)8(4-9(12)13)6-10(7)2/h7-8H,4-6H2,1-3H3,(H,12,13)/t7-,8+/m1/s1. The minimum absolute atomic E-state index is 0.165. The van der Waals surface area contributed by atoms with Gasteiger partial charge in [-0.05, 0) is 21.0 Å². The lowest BCUT2D eigenvalue weighted by Crippen LogP contribution is -2.54. The molecule has 2 atom stereocenters. The van der Waals surface area contributed by atoms with E-state index in [1.54, 1.807) is 0 Å². The lowest BCUT2D eigenvalue weighted by molar-refractivity contribution is -0.139.